The lowest BCUT2D eigenvalue weighted by Crippen LogP contribution is -2.22. The molecular weight excluding hydrogens is 413 g/mol. The number of fused-ring (bicyclic) bond motifs is 2. The summed E-state index contributed by atoms with van der Waals surface area (Å²) in [5.41, 5.74) is 3.44. The maximum absolute atomic E-state index is 14.4. The number of halogens is 2. The Hall–Kier alpha value is -3.24. The SMILES string of the molecule is CO[C@@H](C)c1c(NC(=O)Nc2cc(F)c3nc(C)c(C)n3c2)cnc2cc(Cl)nn12. The molecule has 4 rings (SSSR count). The van der Waals surface area contributed by atoms with Crippen LogP contribution in [0.1, 0.15) is 30.1 Å². The minimum absolute atomic E-state index is 0.206. The van der Waals surface area contributed by atoms with Gasteiger partial charge in [0.1, 0.15) is 0 Å². The predicted molar refractivity (Wildman–Crippen MR) is 111 cm³/mol. The van der Waals surface area contributed by atoms with Crippen LogP contribution in [0.2, 0.25) is 5.15 Å². The van der Waals surface area contributed by atoms with E-state index in [4.69, 9.17) is 16.3 Å². The van der Waals surface area contributed by atoms with E-state index >= 15 is 0 Å². The van der Waals surface area contributed by atoms with Crippen molar-refractivity contribution in [3.8, 4) is 0 Å². The van der Waals surface area contributed by atoms with Crippen molar-refractivity contribution in [2.24, 2.45) is 0 Å². The van der Waals surface area contributed by atoms with Gasteiger partial charge in [0, 0.05) is 31.1 Å². The number of amides is 2. The monoisotopic (exact) mass is 431 g/mol. The molecular formula is C19H19ClFN7O2. The first-order chi connectivity index (χ1) is 14.3. The van der Waals surface area contributed by atoms with Crippen LogP contribution in [0.5, 0.6) is 0 Å². The number of hydrogen-bond acceptors (Lipinski definition) is 5. The van der Waals surface area contributed by atoms with Gasteiger partial charge < -0.3 is 15.4 Å². The summed E-state index contributed by atoms with van der Waals surface area (Å²) in [6.45, 7) is 5.43. The Morgan fingerprint density at radius 1 is 1.30 bits per heavy atom. The third-order valence-corrected chi connectivity index (χ3v) is 5.07. The second kappa shape index (κ2) is 7.54. The molecule has 156 valence electrons. The number of hydrogen-bond donors (Lipinski definition) is 2. The van der Waals surface area contributed by atoms with Gasteiger partial charge in [-0.15, -0.1) is 0 Å². The van der Waals surface area contributed by atoms with Crippen molar-refractivity contribution >= 4 is 40.3 Å². The maximum Gasteiger partial charge on any atom is 0.323 e. The number of imidazole rings is 1. The Morgan fingerprint density at radius 2 is 2.07 bits per heavy atom. The number of carbonyl (C=O) groups excluding carboxylic acids is 1. The molecule has 30 heavy (non-hydrogen) atoms. The first-order valence-electron chi connectivity index (χ1n) is 9.08. The lowest BCUT2D eigenvalue weighted by atomic mass is 10.2. The standard InChI is InChI=1S/C19H19ClFN7O2/c1-9-10(2)27-8-12(5-13(21)18(27)23-9)24-19(29)25-14-7-22-16-6-15(20)26-28(16)17(14)11(3)30-4/h5-8,11H,1-4H3,(H2,24,25,29)/t11-/m0/s1. The van der Waals surface area contributed by atoms with E-state index in [9.17, 15) is 9.18 Å². The number of urea groups is 1. The molecule has 11 heteroatoms. The van der Waals surface area contributed by atoms with Crippen LogP contribution in [0.25, 0.3) is 11.3 Å². The van der Waals surface area contributed by atoms with Crippen LogP contribution >= 0.6 is 11.6 Å². The Balaban J connectivity index is 1.65. The lowest BCUT2D eigenvalue weighted by molar-refractivity contribution is 0.114. The summed E-state index contributed by atoms with van der Waals surface area (Å²) < 4.78 is 22.9. The van der Waals surface area contributed by atoms with Gasteiger partial charge in [0.05, 0.1) is 35.1 Å². The molecule has 0 radical (unpaired) electrons. The van der Waals surface area contributed by atoms with Gasteiger partial charge in [0.15, 0.2) is 22.3 Å². The minimum Gasteiger partial charge on any atom is -0.375 e. The number of nitrogens with zero attached hydrogens (tertiary/aromatic N) is 5. The van der Waals surface area contributed by atoms with Gasteiger partial charge in [-0.1, -0.05) is 11.6 Å². The van der Waals surface area contributed by atoms with E-state index in [0.717, 1.165) is 5.69 Å². The molecule has 0 saturated heterocycles. The fraction of sp³-hybridized carbons (Fsp3) is 0.263. The fourth-order valence-electron chi connectivity index (χ4n) is 3.21. The van der Waals surface area contributed by atoms with E-state index in [1.165, 1.54) is 16.8 Å². The van der Waals surface area contributed by atoms with Gasteiger partial charge >= 0.3 is 6.03 Å². The van der Waals surface area contributed by atoms with E-state index in [-0.39, 0.29) is 16.5 Å². The number of rotatable bonds is 4. The van der Waals surface area contributed by atoms with Gasteiger partial charge in [0.2, 0.25) is 0 Å². The summed E-state index contributed by atoms with van der Waals surface area (Å²) in [5, 5.41) is 9.82. The van der Waals surface area contributed by atoms with Crippen LogP contribution in [-0.2, 0) is 4.74 Å². The largest absolute Gasteiger partial charge is 0.375 e. The van der Waals surface area contributed by atoms with Crippen LogP contribution < -0.4 is 10.6 Å². The van der Waals surface area contributed by atoms with Crippen LogP contribution in [0.4, 0.5) is 20.6 Å². The third-order valence-electron chi connectivity index (χ3n) is 4.89. The van der Waals surface area contributed by atoms with Crippen molar-refractivity contribution < 1.29 is 13.9 Å². The van der Waals surface area contributed by atoms with Crippen LogP contribution in [0.15, 0.2) is 24.5 Å². The van der Waals surface area contributed by atoms with Crippen molar-refractivity contribution in [2.75, 3.05) is 17.7 Å². The number of carbonyl (C=O) groups is 1. The summed E-state index contributed by atoms with van der Waals surface area (Å²) in [5.74, 6) is -0.535. The molecule has 0 fully saturated rings. The number of aryl methyl sites for hydroxylation is 2. The number of ether oxygens (including phenoxy) is 1. The normalized spacial score (nSPS) is 12.5. The first-order valence-corrected chi connectivity index (χ1v) is 9.46. The average Bonchev–Trinajstić information content (AvgIpc) is 3.21. The molecule has 0 aliphatic heterocycles. The van der Waals surface area contributed by atoms with Crippen molar-refractivity contribution in [3.63, 3.8) is 0 Å². The molecule has 2 amide bonds. The Morgan fingerprint density at radius 3 is 2.80 bits per heavy atom. The van der Waals surface area contributed by atoms with Crippen molar-refractivity contribution in [3.05, 3.63) is 52.6 Å². The van der Waals surface area contributed by atoms with Crippen LogP contribution in [-0.4, -0.2) is 37.1 Å². The molecule has 9 nitrogen and oxygen atoms in total. The predicted octanol–water partition coefficient (Wildman–Crippen LogP) is 4.14. The van der Waals surface area contributed by atoms with Crippen LogP contribution in [0.3, 0.4) is 0 Å². The summed E-state index contributed by atoms with van der Waals surface area (Å²) >= 11 is 5.99. The second-order valence-electron chi connectivity index (χ2n) is 6.80. The van der Waals surface area contributed by atoms with Gasteiger partial charge in [-0.05, 0) is 20.8 Å². The van der Waals surface area contributed by atoms with E-state index in [1.807, 2.05) is 6.92 Å². The van der Waals surface area contributed by atoms with E-state index in [0.29, 0.717) is 22.7 Å². The van der Waals surface area contributed by atoms with Crippen LogP contribution in [0, 0.1) is 19.7 Å². The zero-order valence-electron chi connectivity index (χ0n) is 16.7. The zero-order chi connectivity index (χ0) is 21.6. The topological polar surface area (TPSA) is 97.8 Å². The number of methoxy groups -OCH3 is 1. The lowest BCUT2D eigenvalue weighted by Gasteiger charge is -2.17. The Bertz CT molecular complexity index is 1280. The fourth-order valence-corrected chi connectivity index (χ4v) is 3.38. The Kier molecular flexibility index (Phi) is 5.04. The smallest absolute Gasteiger partial charge is 0.323 e. The quantitative estimate of drug-likeness (QED) is 0.506. The van der Waals surface area contributed by atoms with E-state index in [1.54, 1.807) is 37.6 Å². The third kappa shape index (κ3) is 3.44. The summed E-state index contributed by atoms with van der Waals surface area (Å²) in [7, 11) is 1.54. The van der Waals surface area contributed by atoms with Crippen molar-refractivity contribution in [1.29, 1.82) is 0 Å². The molecule has 0 spiro atoms. The molecule has 4 heterocycles. The van der Waals surface area contributed by atoms with Gasteiger partial charge in [-0.25, -0.2) is 23.7 Å². The first kappa shape index (κ1) is 20.0. The average molecular weight is 432 g/mol. The summed E-state index contributed by atoms with van der Waals surface area (Å²) in [6.07, 6.45) is 2.69. The highest BCUT2D eigenvalue weighted by Crippen LogP contribution is 2.27. The number of aromatic nitrogens is 5. The molecule has 0 bridgehead atoms. The number of anilines is 2. The molecule has 1 atom stereocenters. The van der Waals surface area contributed by atoms with Crippen molar-refractivity contribution in [1.82, 2.24) is 24.0 Å². The molecule has 0 aliphatic rings. The second-order valence-corrected chi connectivity index (χ2v) is 7.19. The molecule has 4 aromatic rings. The van der Waals surface area contributed by atoms with Gasteiger partial charge in [-0.2, -0.15) is 5.10 Å². The molecule has 0 unspecified atom stereocenters. The molecule has 0 aliphatic carbocycles. The van der Waals surface area contributed by atoms with E-state index < -0.39 is 18.0 Å². The van der Waals surface area contributed by atoms with Crippen molar-refractivity contribution in [2.45, 2.75) is 26.9 Å². The minimum atomic E-state index is -0.577. The number of nitrogens with one attached hydrogen (secondary N) is 2. The number of pyridine rings is 1. The molecule has 2 N–H and O–H groups in total. The highest BCUT2D eigenvalue weighted by molar-refractivity contribution is 6.29. The summed E-state index contributed by atoms with van der Waals surface area (Å²) in [4.78, 5) is 21.1. The zero-order valence-corrected chi connectivity index (χ0v) is 17.5. The Labute approximate surface area is 175 Å². The molecule has 0 aromatic carbocycles. The highest BCUT2D eigenvalue weighted by Gasteiger charge is 2.19. The maximum atomic E-state index is 14.4. The van der Waals surface area contributed by atoms with E-state index in [2.05, 4.69) is 25.7 Å². The molecule has 4 aromatic heterocycles. The van der Waals surface area contributed by atoms with Gasteiger partial charge in [-0.3, -0.25) is 4.40 Å². The molecule has 0 saturated carbocycles. The van der Waals surface area contributed by atoms with Gasteiger partial charge in [0.25, 0.3) is 0 Å². The summed E-state index contributed by atoms with van der Waals surface area (Å²) in [6, 6.07) is 2.24. The highest BCUT2D eigenvalue weighted by atomic mass is 35.5.